The Bertz CT molecular complexity index is 1290. The summed E-state index contributed by atoms with van der Waals surface area (Å²) in [6, 6.07) is 19.6. The minimum atomic E-state index is -0.307. The maximum Gasteiger partial charge on any atom is 0.274 e. The molecule has 0 fully saturated rings. The normalized spacial score (nSPS) is 10.6. The number of pyridine rings is 1. The molecule has 0 bridgehead atoms. The number of amides is 2. The Hall–Kier alpha value is -3.97. The van der Waals surface area contributed by atoms with Gasteiger partial charge in [0, 0.05) is 22.5 Å². The number of nitrogens with zero attached hydrogens (tertiary/aromatic N) is 2. The third-order valence-electron chi connectivity index (χ3n) is 4.92. The third-order valence-corrected chi connectivity index (χ3v) is 5.29. The highest BCUT2D eigenvalue weighted by atomic mass is 35.5. The van der Waals surface area contributed by atoms with Crippen LogP contribution >= 0.6 is 11.6 Å². The first-order chi connectivity index (χ1) is 16.0. The topological polar surface area (TPSA) is 97.1 Å². The van der Waals surface area contributed by atoms with Crippen LogP contribution in [0.25, 0.3) is 11.5 Å². The predicted octanol–water partition coefficient (Wildman–Crippen LogP) is 4.81. The van der Waals surface area contributed by atoms with Crippen molar-refractivity contribution >= 4 is 29.1 Å². The van der Waals surface area contributed by atoms with Gasteiger partial charge in [0.05, 0.1) is 13.0 Å². The number of benzene rings is 2. The van der Waals surface area contributed by atoms with E-state index in [1.807, 2.05) is 24.3 Å². The molecule has 2 amide bonds. The second-order valence-corrected chi connectivity index (χ2v) is 7.72. The van der Waals surface area contributed by atoms with E-state index in [4.69, 9.17) is 16.0 Å². The first-order valence-corrected chi connectivity index (χ1v) is 10.7. The number of hydrogen-bond acceptors (Lipinski definition) is 5. The number of aryl methyl sites for hydroxylation is 1. The van der Waals surface area contributed by atoms with Crippen molar-refractivity contribution in [1.29, 1.82) is 0 Å². The molecule has 2 aromatic heterocycles. The van der Waals surface area contributed by atoms with Crippen molar-refractivity contribution in [2.75, 3.05) is 5.32 Å². The smallest absolute Gasteiger partial charge is 0.274 e. The largest absolute Gasteiger partial charge is 0.441 e. The zero-order chi connectivity index (χ0) is 23.2. The highest BCUT2D eigenvalue weighted by Gasteiger charge is 2.14. The van der Waals surface area contributed by atoms with Crippen LogP contribution in [0.15, 0.2) is 77.3 Å². The summed E-state index contributed by atoms with van der Waals surface area (Å²) < 4.78 is 5.81. The lowest BCUT2D eigenvalue weighted by molar-refractivity contribution is -0.120. The van der Waals surface area contributed by atoms with Crippen molar-refractivity contribution in [2.45, 2.75) is 19.9 Å². The van der Waals surface area contributed by atoms with E-state index in [1.165, 1.54) is 0 Å². The highest BCUT2D eigenvalue weighted by molar-refractivity contribution is 6.31. The van der Waals surface area contributed by atoms with Crippen LogP contribution in [-0.2, 0) is 17.8 Å². The van der Waals surface area contributed by atoms with E-state index in [1.54, 1.807) is 55.6 Å². The monoisotopic (exact) mass is 460 g/mol. The number of carbonyl (C=O) groups is 2. The first-order valence-electron chi connectivity index (χ1n) is 10.3. The molecule has 2 N–H and O–H groups in total. The Morgan fingerprint density at radius 2 is 1.85 bits per heavy atom. The van der Waals surface area contributed by atoms with Crippen LogP contribution in [0.1, 0.15) is 27.5 Å². The van der Waals surface area contributed by atoms with Crippen LogP contribution in [-0.4, -0.2) is 21.8 Å². The lowest BCUT2D eigenvalue weighted by Crippen LogP contribution is -2.25. The number of anilines is 1. The molecule has 0 spiro atoms. The Balaban J connectivity index is 1.41. The Labute approximate surface area is 195 Å². The number of aromatic nitrogens is 2. The first kappa shape index (κ1) is 22.2. The second-order valence-electron chi connectivity index (χ2n) is 7.32. The number of oxazole rings is 1. The predicted molar refractivity (Wildman–Crippen MR) is 126 cm³/mol. The molecule has 0 aliphatic rings. The van der Waals surface area contributed by atoms with E-state index in [9.17, 15) is 9.59 Å². The SMILES string of the molecule is Cc1oc(-c2cccc(NC(=O)c3ccccn3)c2)nc1CNC(=O)Cc1ccccc1Cl. The van der Waals surface area contributed by atoms with E-state index >= 15 is 0 Å². The zero-order valence-electron chi connectivity index (χ0n) is 17.8. The van der Waals surface area contributed by atoms with Gasteiger partial charge in [0.1, 0.15) is 17.1 Å². The number of rotatable bonds is 7. The number of carbonyl (C=O) groups excluding carboxylic acids is 2. The van der Waals surface area contributed by atoms with Crippen LogP contribution < -0.4 is 10.6 Å². The van der Waals surface area contributed by atoms with E-state index in [0.717, 1.165) is 5.56 Å². The number of nitrogens with one attached hydrogen (secondary N) is 2. The van der Waals surface area contributed by atoms with Gasteiger partial charge in [0.15, 0.2) is 0 Å². The average molecular weight is 461 g/mol. The van der Waals surface area contributed by atoms with Gasteiger partial charge in [-0.3, -0.25) is 14.6 Å². The number of hydrogen-bond donors (Lipinski definition) is 2. The summed E-state index contributed by atoms with van der Waals surface area (Å²) in [4.78, 5) is 33.3. The molecule has 0 saturated carbocycles. The van der Waals surface area contributed by atoms with Gasteiger partial charge < -0.3 is 15.1 Å². The van der Waals surface area contributed by atoms with Gasteiger partial charge in [-0.05, 0) is 48.9 Å². The van der Waals surface area contributed by atoms with Gasteiger partial charge in [-0.15, -0.1) is 0 Å². The maximum atomic E-state index is 12.4. The van der Waals surface area contributed by atoms with E-state index < -0.39 is 0 Å². The van der Waals surface area contributed by atoms with Gasteiger partial charge >= 0.3 is 0 Å². The summed E-state index contributed by atoms with van der Waals surface area (Å²) in [5.74, 6) is 0.535. The summed E-state index contributed by atoms with van der Waals surface area (Å²) in [6.45, 7) is 2.02. The van der Waals surface area contributed by atoms with Crippen molar-refractivity contribution < 1.29 is 14.0 Å². The molecule has 4 aromatic rings. The van der Waals surface area contributed by atoms with Crippen LogP contribution in [0, 0.1) is 6.92 Å². The third kappa shape index (κ3) is 5.64. The molecule has 2 heterocycles. The molecule has 0 aliphatic carbocycles. The van der Waals surface area contributed by atoms with Crippen LogP contribution in [0.4, 0.5) is 5.69 Å². The fourth-order valence-electron chi connectivity index (χ4n) is 3.20. The lowest BCUT2D eigenvalue weighted by Gasteiger charge is -2.06. The van der Waals surface area contributed by atoms with Crippen LogP contribution in [0.2, 0.25) is 5.02 Å². The quantitative estimate of drug-likeness (QED) is 0.412. The van der Waals surface area contributed by atoms with E-state index in [0.29, 0.717) is 39.3 Å². The average Bonchev–Trinajstić information content (AvgIpc) is 3.20. The van der Waals surface area contributed by atoms with Crippen molar-refractivity contribution in [1.82, 2.24) is 15.3 Å². The summed E-state index contributed by atoms with van der Waals surface area (Å²) >= 11 is 6.12. The van der Waals surface area contributed by atoms with Gasteiger partial charge in [0.25, 0.3) is 5.91 Å². The van der Waals surface area contributed by atoms with Gasteiger partial charge in [-0.1, -0.05) is 41.9 Å². The molecular formula is C25H21ClN4O3. The molecule has 8 heteroatoms. The van der Waals surface area contributed by atoms with Gasteiger partial charge in [-0.2, -0.15) is 0 Å². The molecule has 33 heavy (non-hydrogen) atoms. The Kier molecular flexibility index (Phi) is 6.80. The zero-order valence-corrected chi connectivity index (χ0v) is 18.6. The molecule has 0 atom stereocenters. The molecule has 0 unspecified atom stereocenters. The molecular weight excluding hydrogens is 440 g/mol. The van der Waals surface area contributed by atoms with Gasteiger partial charge in [0.2, 0.25) is 11.8 Å². The van der Waals surface area contributed by atoms with E-state index in [2.05, 4.69) is 20.6 Å². The lowest BCUT2D eigenvalue weighted by atomic mass is 10.1. The number of halogens is 1. The van der Waals surface area contributed by atoms with Crippen molar-refractivity contribution in [2.24, 2.45) is 0 Å². The van der Waals surface area contributed by atoms with Crippen molar-refractivity contribution in [3.63, 3.8) is 0 Å². The van der Waals surface area contributed by atoms with Crippen LogP contribution in [0.3, 0.4) is 0 Å². The Morgan fingerprint density at radius 1 is 1.03 bits per heavy atom. The highest BCUT2D eigenvalue weighted by Crippen LogP contribution is 2.25. The van der Waals surface area contributed by atoms with Gasteiger partial charge in [-0.25, -0.2) is 4.98 Å². The minimum absolute atomic E-state index is 0.161. The Morgan fingerprint density at radius 3 is 2.64 bits per heavy atom. The summed E-state index contributed by atoms with van der Waals surface area (Å²) in [6.07, 6.45) is 1.75. The summed E-state index contributed by atoms with van der Waals surface area (Å²) in [7, 11) is 0. The van der Waals surface area contributed by atoms with E-state index in [-0.39, 0.29) is 24.8 Å². The summed E-state index contributed by atoms with van der Waals surface area (Å²) in [5.41, 5.74) is 3.00. The molecule has 0 aliphatic heterocycles. The van der Waals surface area contributed by atoms with Crippen LogP contribution in [0.5, 0.6) is 0 Å². The molecule has 166 valence electrons. The standard InChI is InChI=1S/C25H21ClN4O3/c1-16-22(15-28-23(31)14-17-7-2-3-10-20(17)26)30-25(33-16)18-8-6-9-19(13-18)29-24(32)21-11-4-5-12-27-21/h2-13H,14-15H2,1H3,(H,28,31)(H,29,32). The molecule has 0 radical (unpaired) electrons. The second kappa shape index (κ2) is 10.1. The minimum Gasteiger partial charge on any atom is -0.441 e. The van der Waals surface area contributed by atoms with Crippen molar-refractivity contribution in [3.8, 4) is 11.5 Å². The molecule has 4 rings (SSSR count). The maximum absolute atomic E-state index is 12.4. The molecule has 7 nitrogen and oxygen atoms in total. The fraction of sp³-hybridized carbons (Fsp3) is 0.120. The summed E-state index contributed by atoms with van der Waals surface area (Å²) in [5, 5.41) is 6.23. The molecule has 0 saturated heterocycles. The fourth-order valence-corrected chi connectivity index (χ4v) is 3.40. The van der Waals surface area contributed by atoms with Crippen molar-refractivity contribution in [3.05, 3.63) is 101 Å². The molecule has 2 aromatic carbocycles.